The van der Waals surface area contributed by atoms with Crippen LogP contribution in [0.25, 0.3) is 0 Å². The summed E-state index contributed by atoms with van der Waals surface area (Å²) in [5.41, 5.74) is 0. The van der Waals surface area contributed by atoms with Crippen molar-refractivity contribution in [2.24, 2.45) is 11.8 Å². The Kier molecular flexibility index (Phi) is 12.7. The molecule has 0 fully saturated rings. The van der Waals surface area contributed by atoms with Gasteiger partial charge in [0.15, 0.2) is 0 Å². The molecule has 0 saturated carbocycles. The van der Waals surface area contributed by atoms with E-state index in [1.54, 1.807) is 13.2 Å². The van der Waals surface area contributed by atoms with E-state index >= 15 is 0 Å². The second-order valence-electron chi connectivity index (χ2n) is 7.56. The van der Waals surface area contributed by atoms with E-state index in [1.807, 2.05) is 26.0 Å². The van der Waals surface area contributed by atoms with Crippen molar-refractivity contribution in [3.05, 3.63) is 23.2 Å². The molecule has 1 aromatic carbocycles. The highest BCUT2D eigenvalue weighted by atomic mass is 35.5. The molecule has 0 aliphatic heterocycles. The average molecular weight is 425 g/mol. The molecule has 0 aliphatic carbocycles. The molecule has 164 valence electrons. The molecule has 0 N–H and O–H groups in total. The summed E-state index contributed by atoms with van der Waals surface area (Å²) in [6.07, 6.45) is 7.92. The smallest absolute Gasteiger partial charge is 0.143 e. The highest BCUT2D eigenvalue weighted by molar-refractivity contribution is 6.32. The number of benzene rings is 1. The Bertz CT molecular complexity index is 613. The molecule has 0 spiro atoms. The maximum absolute atomic E-state index is 12.2. The SMILES string of the molecule is CCCCCC(CCOc1ccc(OC)cc1Cl)CCC(C(=O)CC)C(=O)CC. The van der Waals surface area contributed by atoms with Crippen molar-refractivity contribution < 1.29 is 19.1 Å². The van der Waals surface area contributed by atoms with Gasteiger partial charge in [0.05, 0.1) is 24.7 Å². The molecule has 4 nitrogen and oxygen atoms in total. The number of hydrogen-bond donors (Lipinski definition) is 0. The van der Waals surface area contributed by atoms with Crippen LogP contribution in [0.15, 0.2) is 18.2 Å². The lowest BCUT2D eigenvalue weighted by molar-refractivity contribution is -0.132. The third-order valence-corrected chi connectivity index (χ3v) is 5.77. The number of ether oxygens (including phenoxy) is 2. The summed E-state index contributed by atoms with van der Waals surface area (Å²) in [7, 11) is 1.60. The van der Waals surface area contributed by atoms with Gasteiger partial charge in [0.2, 0.25) is 0 Å². The van der Waals surface area contributed by atoms with Crippen molar-refractivity contribution in [2.45, 2.75) is 78.6 Å². The van der Waals surface area contributed by atoms with Crippen LogP contribution in [0.1, 0.15) is 78.6 Å². The van der Waals surface area contributed by atoms with Crippen LogP contribution in [0.5, 0.6) is 11.5 Å². The van der Waals surface area contributed by atoms with E-state index < -0.39 is 5.92 Å². The Balaban J connectivity index is 2.64. The van der Waals surface area contributed by atoms with Gasteiger partial charge in [-0.15, -0.1) is 0 Å². The van der Waals surface area contributed by atoms with E-state index in [0.29, 0.717) is 48.3 Å². The maximum Gasteiger partial charge on any atom is 0.143 e. The van der Waals surface area contributed by atoms with Gasteiger partial charge >= 0.3 is 0 Å². The zero-order chi connectivity index (χ0) is 21.6. The number of methoxy groups -OCH3 is 1. The highest BCUT2D eigenvalue weighted by Crippen LogP contribution is 2.30. The summed E-state index contributed by atoms with van der Waals surface area (Å²) >= 11 is 6.25. The van der Waals surface area contributed by atoms with Crippen molar-refractivity contribution in [3.8, 4) is 11.5 Å². The van der Waals surface area contributed by atoms with E-state index in [4.69, 9.17) is 21.1 Å². The molecule has 1 unspecified atom stereocenters. The van der Waals surface area contributed by atoms with Crippen molar-refractivity contribution in [2.75, 3.05) is 13.7 Å². The van der Waals surface area contributed by atoms with Crippen LogP contribution in [-0.4, -0.2) is 25.3 Å². The zero-order valence-electron chi connectivity index (χ0n) is 18.5. The summed E-state index contributed by atoms with van der Waals surface area (Å²) in [6.45, 7) is 6.43. The van der Waals surface area contributed by atoms with E-state index in [1.165, 1.54) is 19.3 Å². The molecule has 0 saturated heterocycles. The third kappa shape index (κ3) is 9.20. The van der Waals surface area contributed by atoms with Gasteiger partial charge in [-0.05, 0) is 37.3 Å². The topological polar surface area (TPSA) is 52.6 Å². The minimum Gasteiger partial charge on any atom is -0.497 e. The third-order valence-electron chi connectivity index (χ3n) is 5.48. The van der Waals surface area contributed by atoms with E-state index in [-0.39, 0.29) is 11.6 Å². The van der Waals surface area contributed by atoms with Crippen molar-refractivity contribution >= 4 is 23.2 Å². The summed E-state index contributed by atoms with van der Waals surface area (Å²) < 4.78 is 11.1. The van der Waals surface area contributed by atoms with Gasteiger partial charge in [0.1, 0.15) is 23.1 Å². The molecule has 1 aromatic rings. The summed E-state index contributed by atoms with van der Waals surface area (Å²) in [6, 6.07) is 5.40. The first-order valence-corrected chi connectivity index (χ1v) is 11.4. The van der Waals surface area contributed by atoms with Gasteiger partial charge in [-0.2, -0.15) is 0 Å². The summed E-state index contributed by atoms with van der Waals surface area (Å²) in [5.74, 6) is 1.51. The summed E-state index contributed by atoms with van der Waals surface area (Å²) in [5, 5.41) is 0.536. The molecule has 5 heteroatoms. The van der Waals surface area contributed by atoms with Crippen LogP contribution in [0, 0.1) is 11.8 Å². The molecule has 1 atom stereocenters. The molecule has 0 radical (unpaired) electrons. The van der Waals surface area contributed by atoms with Crippen molar-refractivity contribution in [3.63, 3.8) is 0 Å². The first-order valence-electron chi connectivity index (χ1n) is 11.0. The number of ketones is 2. The first kappa shape index (κ1) is 25.5. The van der Waals surface area contributed by atoms with Gasteiger partial charge in [0, 0.05) is 18.9 Å². The fourth-order valence-electron chi connectivity index (χ4n) is 3.57. The predicted molar refractivity (Wildman–Crippen MR) is 119 cm³/mol. The molecule has 0 amide bonds. The standard InChI is InChI=1S/C24H37ClO4/c1-5-8-9-10-18(11-13-20(22(26)6-2)23(27)7-3)15-16-29-24-14-12-19(28-4)17-21(24)25/h12,14,17-18,20H,5-11,13,15-16H2,1-4H3. The minimum atomic E-state index is -0.435. The van der Waals surface area contributed by atoms with E-state index in [2.05, 4.69) is 6.92 Å². The van der Waals surface area contributed by atoms with Gasteiger partial charge in [0.25, 0.3) is 0 Å². The first-order chi connectivity index (χ1) is 14.0. The van der Waals surface area contributed by atoms with Crippen molar-refractivity contribution in [1.82, 2.24) is 0 Å². The Morgan fingerprint density at radius 3 is 2.21 bits per heavy atom. The lowest BCUT2D eigenvalue weighted by atomic mass is 9.85. The van der Waals surface area contributed by atoms with Gasteiger partial charge in [-0.25, -0.2) is 0 Å². The minimum absolute atomic E-state index is 0.0745. The van der Waals surface area contributed by atoms with Gasteiger partial charge in [-0.1, -0.05) is 58.1 Å². The lowest BCUT2D eigenvalue weighted by Crippen LogP contribution is -2.24. The molecule has 29 heavy (non-hydrogen) atoms. The molecular formula is C24H37ClO4. The molecular weight excluding hydrogens is 388 g/mol. The molecule has 1 rings (SSSR count). The largest absolute Gasteiger partial charge is 0.497 e. The maximum atomic E-state index is 12.2. The fourth-order valence-corrected chi connectivity index (χ4v) is 3.80. The number of halogens is 1. The van der Waals surface area contributed by atoms with Crippen LogP contribution in [0.2, 0.25) is 5.02 Å². The molecule has 0 heterocycles. The Hall–Kier alpha value is -1.55. The normalized spacial score (nSPS) is 12.1. The number of hydrogen-bond acceptors (Lipinski definition) is 4. The number of carbonyl (C=O) groups excluding carboxylic acids is 2. The van der Waals surface area contributed by atoms with Crippen molar-refractivity contribution in [1.29, 1.82) is 0 Å². The van der Waals surface area contributed by atoms with Crippen LogP contribution < -0.4 is 9.47 Å². The second-order valence-corrected chi connectivity index (χ2v) is 7.97. The second kappa shape index (κ2) is 14.4. The monoisotopic (exact) mass is 424 g/mol. The molecule has 0 aliphatic rings. The zero-order valence-corrected chi connectivity index (χ0v) is 19.2. The van der Waals surface area contributed by atoms with Gasteiger partial charge < -0.3 is 9.47 Å². The average Bonchev–Trinajstić information content (AvgIpc) is 2.73. The molecule has 0 bridgehead atoms. The predicted octanol–water partition coefficient (Wildman–Crippen LogP) is 6.67. The van der Waals surface area contributed by atoms with E-state index in [0.717, 1.165) is 19.3 Å². The quantitative estimate of drug-likeness (QED) is 0.219. The fraction of sp³-hybridized carbons (Fsp3) is 0.667. The van der Waals surface area contributed by atoms with Crippen LogP contribution >= 0.6 is 11.6 Å². The van der Waals surface area contributed by atoms with E-state index in [9.17, 15) is 9.59 Å². The molecule has 0 aromatic heterocycles. The number of Topliss-reactive ketones (excluding diaryl/α,β-unsaturated/α-hetero) is 2. The lowest BCUT2D eigenvalue weighted by Gasteiger charge is -2.20. The Morgan fingerprint density at radius 1 is 0.966 bits per heavy atom. The number of rotatable bonds is 16. The van der Waals surface area contributed by atoms with Crippen LogP contribution in [-0.2, 0) is 9.59 Å². The van der Waals surface area contributed by atoms with Gasteiger partial charge in [-0.3, -0.25) is 9.59 Å². The Labute approximate surface area is 181 Å². The highest BCUT2D eigenvalue weighted by Gasteiger charge is 2.24. The number of carbonyl (C=O) groups is 2. The number of unbranched alkanes of at least 4 members (excludes halogenated alkanes) is 2. The van der Waals surface area contributed by atoms with Crippen LogP contribution in [0.3, 0.4) is 0 Å². The Morgan fingerprint density at radius 2 is 1.66 bits per heavy atom. The van der Waals surface area contributed by atoms with Crippen LogP contribution in [0.4, 0.5) is 0 Å². The summed E-state index contributed by atoms with van der Waals surface area (Å²) in [4.78, 5) is 24.4.